The van der Waals surface area contributed by atoms with Crippen molar-refractivity contribution in [3.05, 3.63) is 92.5 Å². The van der Waals surface area contributed by atoms with Gasteiger partial charge in [-0.25, -0.2) is 8.42 Å². The Labute approximate surface area is 208 Å². The van der Waals surface area contributed by atoms with Gasteiger partial charge in [0.1, 0.15) is 12.3 Å². The molecule has 0 heterocycles. The number of nitrogens with one attached hydrogen (secondary N) is 1. The maximum atomic E-state index is 13.7. The molecule has 11 heteroatoms. The number of carbonyl (C=O) groups is 1. The monoisotopic (exact) mass is 517 g/mol. The number of nitro benzene ring substituents is 1. The predicted octanol–water partition coefficient (Wildman–Crippen LogP) is 4.39. The highest BCUT2D eigenvalue weighted by molar-refractivity contribution is 7.92. The first kappa shape index (κ1) is 26.0. The number of aryl methyl sites for hydroxylation is 2. The van der Waals surface area contributed by atoms with Crippen molar-refractivity contribution in [3.8, 4) is 5.75 Å². The number of ether oxygens (including phenoxy) is 1. The minimum atomic E-state index is -4.43. The van der Waals surface area contributed by atoms with E-state index in [4.69, 9.17) is 16.3 Å². The number of halogens is 1. The van der Waals surface area contributed by atoms with Crippen molar-refractivity contribution in [3.63, 3.8) is 0 Å². The van der Waals surface area contributed by atoms with Gasteiger partial charge < -0.3 is 10.1 Å². The van der Waals surface area contributed by atoms with Crippen LogP contribution in [0, 0.1) is 24.0 Å². The molecule has 0 bridgehead atoms. The van der Waals surface area contributed by atoms with Crippen molar-refractivity contribution < 1.29 is 22.9 Å². The van der Waals surface area contributed by atoms with Crippen LogP contribution in [0.25, 0.3) is 0 Å². The Balaban J connectivity index is 2.03. The number of benzene rings is 3. The molecule has 0 saturated carbocycles. The summed E-state index contributed by atoms with van der Waals surface area (Å²) in [5.41, 5.74) is 1.82. The van der Waals surface area contributed by atoms with Crippen molar-refractivity contribution in [1.29, 1.82) is 0 Å². The van der Waals surface area contributed by atoms with Gasteiger partial charge in [-0.2, -0.15) is 0 Å². The number of methoxy groups -OCH3 is 1. The first-order valence-corrected chi connectivity index (χ1v) is 12.3. The molecule has 0 unspecified atom stereocenters. The van der Waals surface area contributed by atoms with E-state index < -0.39 is 27.4 Å². The van der Waals surface area contributed by atoms with Crippen LogP contribution in [-0.4, -0.2) is 32.9 Å². The molecule has 0 fully saturated rings. The SMILES string of the molecule is COc1ccc(Cl)cc1N(CC(=O)NCc1ccccc1C)S(=O)(=O)c1ccc(C)c([N+](=O)[O-])c1. The molecule has 3 aromatic rings. The Bertz CT molecular complexity index is 1380. The van der Waals surface area contributed by atoms with Gasteiger partial charge in [-0.1, -0.05) is 41.9 Å². The normalized spacial score (nSPS) is 11.1. The minimum Gasteiger partial charge on any atom is -0.495 e. The molecule has 0 aliphatic rings. The fourth-order valence-corrected chi connectivity index (χ4v) is 5.03. The number of nitrogens with zero attached hydrogens (tertiary/aromatic N) is 2. The summed E-state index contributed by atoms with van der Waals surface area (Å²) in [5.74, 6) is -0.424. The third-order valence-electron chi connectivity index (χ3n) is 5.40. The van der Waals surface area contributed by atoms with Gasteiger partial charge in [-0.15, -0.1) is 0 Å². The minimum absolute atomic E-state index is 0.0225. The topological polar surface area (TPSA) is 119 Å². The van der Waals surface area contributed by atoms with E-state index in [1.54, 1.807) is 0 Å². The average Bonchev–Trinajstić information content (AvgIpc) is 2.81. The van der Waals surface area contributed by atoms with E-state index in [2.05, 4.69) is 5.32 Å². The first-order chi connectivity index (χ1) is 16.5. The Hall–Kier alpha value is -3.63. The van der Waals surface area contributed by atoms with Crippen LogP contribution in [-0.2, 0) is 21.4 Å². The second-order valence-electron chi connectivity index (χ2n) is 7.74. The van der Waals surface area contributed by atoms with Gasteiger partial charge in [0.05, 0.1) is 22.6 Å². The molecule has 9 nitrogen and oxygen atoms in total. The summed E-state index contributed by atoms with van der Waals surface area (Å²) in [6, 6.07) is 15.4. The molecule has 0 radical (unpaired) electrons. The number of hydrogen-bond donors (Lipinski definition) is 1. The first-order valence-electron chi connectivity index (χ1n) is 10.5. The average molecular weight is 518 g/mol. The van der Waals surface area contributed by atoms with Gasteiger partial charge in [0.25, 0.3) is 15.7 Å². The lowest BCUT2D eigenvalue weighted by Crippen LogP contribution is -2.41. The number of sulfonamides is 1. The Morgan fingerprint density at radius 1 is 1.09 bits per heavy atom. The lowest BCUT2D eigenvalue weighted by atomic mass is 10.1. The molecule has 184 valence electrons. The number of amides is 1. The zero-order valence-corrected chi connectivity index (χ0v) is 20.9. The van der Waals surface area contributed by atoms with Gasteiger partial charge in [0, 0.05) is 23.2 Å². The van der Waals surface area contributed by atoms with Gasteiger partial charge in [0.2, 0.25) is 5.91 Å². The molecule has 0 atom stereocenters. The van der Waals surface area contributed by atoms with Crippen molar-refractivity contribution in [2.45, 2.75) is 25.3 Å². The van der Waals surface area contributed by atoms with Gasteiger partial charge in [-0.05, 0) is 49.2 Å². The van der Waals surface area contributed by atoms with E-state index in [-0.39, 0.29) is 33.6 Å². The number of anilines is 1. The maximum Gasteiger partial charge on any atom is 0.273 e. The standard InChI is InChI=1S/C24H24ClN3O6S/c1-16-6-4-5-7-18(16)14-26-24(29)15-27(22-12-19(25)9-11-23(22)34-3)35(32,33)20-10-8-17(2)21(13-20)28(30)31/h4-13H,14-15H2,1-3H3,(H,26,29). The molecule has 3 aromatic carbocycles. The van der Waals surface area contributed by atoms with E-state index in [0.717, 1.165) is 21.5 Å². The van der Waals surface area contributed by atoms with Crippen LogP contribution in [0.3, 0.4) is 0 Å². The quantitative estimate of drug-likeness (QED) is 0.332. The van der Waals surface area contributed by atoms with Gasteiger partial charge in [0.15, 0.2) is 0 Å². The number of carbonyl (C=O) groups excluding carboxylic acids is 1. The molecule has 0 aliphatic carbocycles. The molecule has 35 heavy (non-hydrogen) atoms. The lowest BCUT2D eigenvalue weighted by Gasteiger charge is -2.26. The smallest absolute Gasteiger partial charge is 0.273 e. The van der Waals surface area contributed by atoms with Crippen LogP contribution in [0.4, 0.5) is 11.4 Å². The van der Waals surface area contributed by atoms with Crippen LogP contribution < -0.4 is 14.4 Å². The molecular weight excluding hydrogens is 494 g/mol. The fraction of sp³-hybridized carbons (Fsp3) is 0.208. The summed E-state index contributed by atoms with van der Waals surface area (Å²) >= 11 is 6.13. The third-order valence-corrected chi connectivity index (χ3v) is 7.39. The second-order valence-corrected chi connectivity index (χ2v) is 10.0. The highest BCUT2D eigenvalue weighted by Crippen LogP contribution is 2.35. The molecule has 1 amide bonds. The van der Waals surface area contributed by atoms with Gasteiger partial charge >= 0.3 is 0 Å². The zero-order chi connectivity index (χ0) is 25.8. The maximum absolute atomic E-state index is 13.7. The summed E-state index contributed by atoms with van der Waals surface area (Å²) in [7, 11) is -3.08. The summed E-state index contributed by atoms with van der Waals surface area (Å²) < 4.78 is 33.5. The van der Waals surface area contributed by atoms with Crippen LogP contribution in [0.2, 0.25) is 5.02 Å². The molecule has 0 spiro atoms. The summed E-state index contributed by atoms with van der Waals surface area (Å²) in [6.07, 6.45) is 0. The number of nitro groups is 1. The summed E-state index contributed by atoms with van der Waals surface area (Å²) in [5, 5.41) is 14.4. The van der Waals surface area contributed by atoms with E-state index in [9.17, 15) is 23.3 Å². The van der Waals surface area contributed by atoms with E-state index in [1.807, 2.05) is 31.2 Å². The third kappa shape index (κ3) is 5.90. The molecule has 0 aromatic heterocycles. The van der Waals surface area contributed by atoms with Crippen molar-refractivity contribution in [2.24, 2.45) is 0 Å². The second kappa shape index (κ2) is 10.7. The molecule has 0 aliphatic heterocycles. The predicted molar refractivity (Wildman–Crippen MR) is 133 cm³/mol. The Morgan fingerprint density at radius 2 is 1.80 bits per heavy atom. The highest BCUT2D eigenvalue weighted by atomic mass is 35.5. The Kier molecular flexibility index (Phi) is 7.98. The van der Waals surface area contributed by atoms with Crippen molar-refractivity contribution in [2.75, 3.05) is 18.0 Å². The molecule has 0 saturated heterocycles. The van der Waals surface area contributed by atoms with Crippen molar-refractivity contribution in [1.82, 2.24) is 5.32 Å². The highest BCUT2D eigenvalue weighted by Gasteiger charge is 2.31. The Morgan fingerprint density at radius 3 is 2.46 bits per heavy atom. The lowest BCUT2D eigenvalue weighted by molar-refractivity contribution is -0.385. The van der Waals surface area contributed by atoms with Crippen LogP contribution in [0.1, 0.15) is 16.7 Å². The largest absolute Gasteiger partial charge is 0.495 e. The molecule has 3 rings (SSSR count). The number of rotatable bonds is 9. The van der Waals surface area contributed by atoms with Crippen LogP contribution in [0.15, 0.2) is 65.6 Å². The summed E-state index contributed by atoms with van der Waals surface area (Å²) in [6.45, 7) is 3.00. The molecular formula is C24H24ClN3O6S. The van der Waals surface area contributed by atoms with Crippen LogP contribution >= 0.6 is 11.6 Å². The number of hydrogen-bond acceptors (Lipinski definition) is 6. The molecule has 1 N–H and O–H groups in total. The zero-order valence-electron chi connectivity index (χ0n) is 19.3. The van der Waals surface area contributed by atoms with Crippen LogP contribution in [0.5, 0.6) is 5.75 Å². The van der Waals surface area contributed by atoms with E-state index in [1.165, 1.54) is 44.4 Å². The van der Waals surface area contributed by atoms with Crippen molar-refractivity contribution >= 4 is 38.9 Å². The van der Waals surface area contributed by atoms with Gasteiger partial charge in [-0.3, -0.25) is 19.2 Å². The van der Waals surface area contributed by atoms with E-state index >= 15 is 0 Å². The fourth-order valence-electron chi connectivity index (χ4n) is 3.42. The summed E-state index contributed by atoms with van der Waals surface area (Å²) in [4.78, 5) is 23.3. The van der Waals surface area contributed by atoms with E-state index in [0.29, 0.717) is 5.56 Å².